The van der Waals surface area contributed by atoms with E-state index in [9.17, 15) is 9.90 Å². The Morgan fingerprint density at radius 2 is 1.87 bits per heavy atom. The molecule has 1 fully saturated rings. The summed E-state index contributed by atoms with van der Waals surface area (Å²) in [6.45, 7) is 3.50. The molecular formula is C17H21N3O2S. The van der Waals surface area contributed by atoms with Gasteiger partial charge in [0.1, 0.15) is 5.75 Å². The normalized spacial score (nSPS) is 21.7. The molecule has 23 heavy (non-hydrogen) atoms. The summed E-state index contributed by atoms with van der Waals surface area (Å²) in [6.07, 6.45) is 3.30. The molecule has 0 aliphatic carbocycles. The minimum atomic E-state index is -0.293. The average Bonchev–Trinajstić information content (AvgIpc) is 2.55. The van der Waals surface area contributed by atoms with Crippen LogP contribution in [0.3, 0.4) is 0 Å². The molecule has 3 N–H and O–H groups in total. The van der Waals surface area contributed by atoms with Gasteiger partial charge in [0.2, 0.25) is 0 Å². The van der Waals surface area contributed by atoms with E-state index in [4.69, 9.17) is 12.2 Å². The van der Waals surface area contributed by atoms with Gasteiger partial charge in [0.25, 0.3) is 5.91 Å². The minimum Gasteiger partial charge on any atom is -0.508 e. The van der Waals surface area contributed by atoms with Crippen LogP contribution in [-0.2, 0) is 4.79 Å². The maximum absolute atomic E-state index is 13.0. The molecule has 1 unspecified atom stereocenters. The lowest BCUT2D eigenvalue weighted by molar-refractivity contribution is -0.128. The van der Waals surface area contributed by atoms with Crippen LogP contribution in [0.5, 0.6) is 5.75 Å². The predicted octanol–water partition coefficient (Wildman–Crippen LogP) is 2.20. The maximum atomic E-state index is 13.0. The number of rotatable bonds is 2. The molecule has 2 aliphatic rings. The first-order valence-corrected chi connectivity index (χ1v) is 8.33. The molecule has 2 heterocycles. The van der Waals surface area contributed by atoms with Crippen LogP contribution in [0.1, 0.15) is 37.8 Å². The van der Waals surface area contributed by atoms with Crippen molar-refractivity contribution in [1.82, 2.24) is 15.5 Å². The van der Waals surface area contributed by atoms with Crippen LogP contribution in [-0.4, -0.2) is 34.1 Å². The highest BCUT2D eigenvalue weighted by Crippen LogP contribution is 2.29. The van der Waals surface area contributed by atoms with E-state index in [1.54, 1.807) is 12.1 Å². The number of nitrogens with zero attached hydrogens (tertiary/aromatic N) is 1. The molecule has 2 aliphatic heterocycles. The Hall–Kier alpha value is -2.08. The van der Waals surface area contributed by atoms with Crippen LogP contribution in [0.15, 0.2) is 35.5 Å². The number of carbonyl (C=O) groups is 1. The molecule has 0 radical (unpaired) electrons. The van der Waals surface area contributed by atoms with Crippen molar-refractivity contribution in [1.29, 1.82) is 0 Å². The van der Waals surface area contributed by atoms with Gasteiger partial charge in [-0.3, -0.25) is 4.79 Å². The van der Waals surface area contributed by atoms with Crippen molar-refractivity contribution in [2.75, 3.05) is 13.1 Å². The van der Waals surface area contributed by atoms with E-state index in [1.165, 1.54) is 6.42 Å². The number of carbonyl (C=O) groups excluding carboxylic acids is 1. The highest BCUT2D eigenvalue weighted by Gasteiger charge is 2.32. The zero-order valence-corrected chi connectivity index (χ0v) is 13.9. The van der Waals surface area contributed by atoms with Crippen LogP contribution in [0, 0.1) is 0 Å². The summed E-state index contributed by atoms with van der Waals surface area (Å²) in [6, 6.07) is 6.59. The van der Waals surface area contributed by atoms with E-state index >= 15 is 0 Å². The third-order valence-corrected chi connectivity index (χ3v) is 4.59. The van der Waals surface area contributed by atoms with E-state index in [-0.39, 0.29) is 17.7 Å². The summed E-state index contributed by atoms with van der Waals surface area (Å²) in [7, 11) is 0. The Labute approximate surface area is 141 Å². The number of benzene rings is 1. The van der Waals surface area contributed by atoms with Crippen LogP contribution >= 0.6 is 12.2 Å². The molecule has 1 saturated heterocycles. The summed E-state index contributed by atoms with van der Waals surface area (Å²) < 4.78 is 0. The van der Waals surface area contributed by atoms with Crippen LogP contribution in [0.2, 0.25) is 0 Å². The molecule has 3 rings (SSSR count). The number of hydrogen-bond donors (Lipinski definition) is 3. The average molecular weight is 331 g/mol. The van der Waals surface area contributed by atoms with Gasteiger partial charge in [0, 0.05) is 18.8 Å². The fraction of sp³-hybridized carbons (Fsp3) is 0.412. The molecular weight excluding hydrogens is 310 g/mol. The van der Waals surface area contributed by atoms with Crippen molar-refractivity contribution in [3.05, 3.63) is 41.1 Å². The van der Waals surface area contributed by atoms with Crippen molar-refractivity contribution in [2.24, 2.45) is 0 Å². The van der Waals surface area contributed by atoms with E-state index in [0.717, 1.165) is 37.2 Å². The Morgan fingerprint density at radius 1 is 1.22 bits per heavy atom. The van der Waals surface area contributed by atoms with Gasteiger partial charge in [-0.15, -0.1) is 0 Å². The van der Waals surface area contributed by atoms with E-state index < -0.39 is 0 Å². The summed E-state index contributed by atoms with van der Waals surface area (Å²) in [4.78, 5) is 14.9. The van der Waals surface area contributed by atoms with Gasteiger partial charge in [-0.05, 0) is 56.1 Å². The first-order valence-electron chi connectivity index (χ1n) is 7.93. The number of hydrogen-bond acceptors (Lipinski definition) is 3. The highest BCUT2D eigenvalue weighted by molar-refractivity contribution is 7.80. The van der Waals surface area contributed by atoms with E-state index in [0.29, 0.717) is 10.7 Å². The van der Waals surface area contributed by atoms with Crippen molar-refractivity contribution in [3.63, 3.8) is 0 Å². The predicted molar refractivity (Wildman–Crippen MR) is 92.8 cm³/mol. The summed E-state index contributed by atoms with van der Waals surface area (Å²) >= 11 is 5.25. The lowest BCUT2D eigenvalue weighted by Gasteiger charge is -2.35. The third kappa shape index (κ3) is 3.32. The van der Waals surface area contributed by atoms with E-state index in [1.807, 2.05) is 24.0 Å². The Morgan fingerprint density at radius 3 is 2.52 bits per heavy atom. The van der Waals surface area contributed by atoms with Gasteiger partial charge >= 0.3 is 0 Å². The fourth-order valence-electron chi connectivity index (χ4n) is 3.16. The number of amides is 1. The number of nitrogens with one attached hydrogen (secondary N) is 2. The lowest BCUT2D eigenvalue weighted by atomic mass is 9.94. The molecule has 0 spiro atoms. The van der Waals surface area contributed by atoms with Crippen LogP contribution in [0.4, 0.5) is 0 Å². The lowest BCUT2D eigenvalue weighted by Crippen LogP contribution is -2.48. The zero-order valence-electron chi connectivity index (χ0n) is 13.1. The number of thiocarbonyl (C=S) groups is 1. The molecule has 122 valence electrons. The van der Waals surface area contributed by atoms with Gasteiger partial charge in [-0.1, -0.05) is 12.1 Å². The molecule has 1 aromatic carbocycles. The third-order valence-electron chi connectivity index (χ3n) is 4.37. The summed E-state index contributed by atoms with van der Waals surface area (Å²) in [5, 5.41) is 16.3. The molecule has 0 aromatic heterocycles. The number of phenolic OH excluding ortho intramolecular Hbond substituents is 1. The minimum absolute atomic E-state index is 0.0581. The van der Waals surface area contributed by atoms with Crippen molar-refractivity contribution in [3.8, 4) is 5.75 Å². The second-order valence-corrected chi connectivity index (χ2v) is 6.42. The quantitative estimate of drug-likeness (QED) is 0.725. The van der Waals surface area contributed by atoms with Crippen molar-refractivity contribution < 1.29 is 9.90 Å². The fourth-order valence-corrected chi connectivity index (χ4v) is 3.43. The molecule has 0 saturated carbocycles. The number of aromatic hydroxyl groups is 1. The molecule has 1 amide bonds. The maximum Gasteiger partial charge on any atom is 0.253 e. The monoisotopic (exact) mass is 331 g/mol. The largest absolute Gasteiger partial charge is 0.508 e. The second-order valence-electron chi connectivity index (χ2n) is 6.01. The first kappa shape index (κ1) is 15.8. The smallest absolute Gasteiger partial charge is 0.253 e. The van der Waals surface area contributed by atoms with E-state index in [2.05, 4.69) is 10.6 Å². The molecule has 5 nitrogen and oxygen atoms in total. The van der Waals surface area contributed by atoms with Gasteiger partial charge in [-0.25, -0.2) is 0 Å². The Kier molecular flexibility index (Phi) is 4.52. The van der Waals surface area contributed by atoms with Gasteiger partial charge in [0.15, 0.2) is 5.11 Å². The topological polar surface area (TPSA) is 64.6 Å². The number of piperidine rings is 1. The molecule has 6 heteroatoms. The Bertz CT molecular complexity index is 648. The van der Waals surface area contributed by atoms with Crippen LogP contribution in [0.25, 0.3) is 0 Å². The van der Waals surface area contributed by atoms with Crippen molar-refractivity contribution >= 4 is 23.2 Å². The number of allylic oxidation sites excluding steroid dienone is 1. The first-order chi connectivity index (χ1) is 11.1. The number of phenols is 1. The second kappa shape index (κ2) is 6.58. The standard InChI is InChI=1S/C17H21N3O2S/c1-11-14(16(22)20-9-3-2-4-10-20)15(19-17(23)18-11)12-5-7-13(21)8-6-12/h5-8,15,21H,2-4,9-10H2,1H3,(H2,18,19,23). The highest BCUT2D eigenvalue weighted by atomic mass is 32.1. The van der Waals surface area contributed by atoms with Crippen molar-refractivity contribution in [2.45, 2.75) is 32.2 Å². The van der Waals surface area contributed by atoms with Gasteiger partial charge in [0.05, 0.1) is 11.6 Å². The van der Waals surface area contributed by atoms with Crippen LogP contribution < -0.4 is 10.6 Å². The zero-order chi connectivity index (χ0) is 16.4. The summed E-state index contributed by atoms with van der Waals surface area (Å²) in [5.41, 5.74) is 2.40. The molecule has 1 atom stereocenters. The Balaban J connectivity index is 1.95. The number of likely N-dealkylation sites (tertiary alicyclic amines) is 1. The molecule has 1 aromatic rings. The van der Waals surface area contributed by atoms with Gasteiger partial charge < -0.3 is 20.6 Å². The SMILES string of the molecule is CC1=C(C(=O)N2CCCCC2)C(c2ccc(O)cc2)NC(=S)N1. The molecule has 0 bridgehead atoms. The van der Waals surface area contributed by atoms with Gasteiger partial charge in [-0.2, -0.15) is 0 Å². The summed E-state index contributed by atoms with van der Waals surface area (Å²) in [5.74, 6) is 0.262.